The number of carbonyl (C=O) groups excluding carboxylic acids is 1. The minimum Gasteiger partial charge on any atom is -0.320 e. The summed E-state index contributed by atoms with van der Waals surface area (Å²) in [4.78, 5) is 31.5. The molecule has 0 fully saturated rings. The maximum atomic E-state index is 13.9. The van der Waals surface area contributed by atoms with Crippen molar-refractivity contribution in [1.82, 2.24) is 19.3 Å². The zero-order valence-corrected chi connectivity index (χ0v) is 28.1. The Kier molecular flexibility index (Phi) is 10.9. The fraction of sp³-hybridized carbons (Fsp3) is 0.316. The molecule has 0 saturated carbocycles. The van der Waals surface area contributed by atoms with Gasteiger partial charge in [0.15, 0.2) is 10.9 Å². The first-order valence-electron chi connectivity index (χ1n) is 15.8. The highest BCUT2D eigenvalue weighted by Gasteiger charge is 2.24. The molecular weight excluding hydrogens is 615 g/mol. The summed E-state index contributed by atoms with van der Waals surface area (Å²) in [6.07, 6.45) is 7.94. The van der Waals surface area contributed by atoms with Crippen molar-refractivity contribution in [2.45, 2.75) is 69.8 Å². The van der Waals surface area contributed by atoms with E-state index < -0.39 is 5.92 Å². The number of aromatic nitrogens is 4. The molecule has 0 spiro atoms. The molecule has 0 N–H and O–H groups in total. The van der Waals surface area contributed by atoms with E-state index in [4.69, 9.17) is 0 Å². The van der Waals surface area contributed by atoms with E-state index in [0.29, 0.717) is 29.3 Å². The third kappa shape index (κ3) is 9.13. The number of alkyl halides is 2. The van der Waals surface area contributed by atoms with Crippen LogP contribution in [0, 0.1) is 12.8 Å². The molecule has 0 aliphatic rings. The molecule has 47 heavy (non-hydrogen) atoms. The molecule has 9 heteroatoms. The lowest BCUT2D eigenvalue weighted by Gasteiger charge is -2.19. The van der Waals surface area contributed by atoms with Gasteiger partial charge in [0, 0.05) is 55.6 Å². The van der Waals surface area contributed by atoms with Gasteiger partial charge in [-0.25, -0.2) is 8.78 Å². The normalized spacial score (nSPS) is 12.3. The summed E-state index contributed by atoms with van der Waals surface area (Å²) in [5, 5.41) is 4.74. The number of rotatable bonds is 14. The Hall–Kier alpha value is -4.37. The molecule has 2 heterocycles. The van der Waals surface area contributed by atoms with Crippen LogP contribution in [0.4, 0.5) is 8.78 Å². The second kappa shape index (κ2) is 15.0. The number of thioether (sulfide) groups is 1. The van der Waals surface area contributed by atoms with Crippen LogP contribution in [-0.2, 0) is 42.9 Å². The van der Waals surface area contributed by atoms with Crippen molar-refractivity contribution in [3.63, 3.8) is 0 Å². The first-order valence-corrected chi connectivity index (χ1v) is 16.8. The molecule has 244 valence electrons. The van der Waals surface area contributed by atoms with E-state index >= 15 is 0 Å². The molecule has 6 nitrogen and oxygen atoms in total. The second-order valence-corrected chi connectivity index (χ2v) is 13.2. The van der Waals surface area contributed by atoms with Gasteiger partial charge >= 0.3 is 0 Å². The molecule has 3 aromatic carbocycles. The van der Waals surface area contributed by atoms with Gasteiger partial charge in [0.05, 0.1) is 12.7 Å². The van der Waals surface area contributed by atoms with Crippen molar-refractivity contribution in [1.29, 1.82) is 0 Å². The van der Waals surface area contributed by atoms with Crippen LogP contribution < -0.4 is 5.56 Å². The van der Waals surface area contributed by atoms with Crippen LogP contribution in [0.1, 0.15) is 60.1 Å². The Morgan fingerprint density at radius 3 is 2.15 bits per heavy atom. The summed E-state index contributed by atoms with van der Waals surface area (Å²) in [6.45, 7) is 5.12. The monoisotopic (exact) mass is 654 g/mol. The van der Waals surface area contributed by atoms with Crippen LogP contribution in [0.2, 0.25) is 0 Å². The summed E-state index contributed by atoms with van der Waals surface area (Å²) < 4.78 is 30.8. The molecule has 0 bridgehead atoms. The van der Waals surface area contributed by atoms with Crippen LogP contribution >= 0.6 is 11.8 Å². The highest BCUT2D eigenvalue weighted by Crippen LogP contribution is 2.30. The number of nitrogens with zero attached hydrogens (tertiary/aromatic N) is 4. The molecule has 0 amide bonds. The van der Waals surface area contributed by atoms with E-state index in [9.17, 15) is 18.4 Å². The van der Waals surface area contributed by atoms with E-state index in [0.717, 1.165) is 47.6 Å². The number of hydrogen-bond donors (Lipinski definition) is 0. The Balaban J connectivity index is 1.35. The van der Waals surface area contributed by atoms with Crippen LogP contribution in [0.5, 0.6) is 0 Å². The minimum absolute atomic E-state index is 0.0161. The van der Waals surface area contributed by atoms with E-state index in [1.807, 2.05) is 49.0 Å². The molecule has 0 radical (unpaired) electrons. The summed E-state index contributed by atoms with van der Waals surface area (Å²) in [6, 6.07) is 22.5. The van der Waals surface area contributed by atoms with Gasteiger partial charge in [-0.3, -0.25) is 14.3 Å². The van der Waals surface area contributed by atoms with E-state index in [1.165, 1.54) is 29.5 Å². The Labute approximate surface area is 278 Å². The number of ketones is 1. The Morgan fingerprint density at radius 2 is 1.55 bits per heavy atom. The predicted octanol–water partition coefficient (Wildman–Crippen LogP) is 8.18. The predicted molar refractivity (Wildman–Crippen MR) is 184 cm³/mol. The standard InChI is InChI=1S/C38H40F2N4O2S/c1-5-6-32(19-27-11-13-30(14-12-27)31-15-17-34(18-16-31)38(3,39)40)35(45)24-44-23-33(20-29-21-41-43(4)22-29)36(46)42-37(44)47-25-28-9-7-26(2)8-10-28/h7-18,21-23,32H,5-6,19-20,24-25H2,1-4H3. The van der Waals surface area contributed by atoms with E-state index in [1.54, 1.807) is 29.2 Å². The lowest BCUT2D eigenvalue weighted by molar-refractivity contribution is -0.123. The number of halogens is 2. The maximum absolute atomic E-state index is 13.9. The zero-order chi connectivity index (χ0) is 33.6. The summed E-state index contributed by atoms with van der Waals surface area (Å²) >= 11 is 1.45. The SMILES string of the molecule is CCCC(Cc1ccc(-c2ccc(C(C)(F)F)cc2)cc1)C(=O)Cn1cc(Cc2cnn(C)c2)c(=O)nc1SCc1ccc(C)cc1. The first-order chi connectivity index (χ1) is 22.5. The molecule has 5 rings (SSSR count). The highest BCUT2D eigenvalue weighted by atomic mass is 32.2. The van der Waals surface area contributed by atoms with Gasteiger partial charge in [-0.15, -0.1) is 0 Å². The van der Waals surface area contributed by atoms with Crippen LogP contribution in [-0.4, -0.2) is 25.1 Å². The molecular formula is C38H40F2N4O2S. The van der Waals surface area contributed by atoms with Gasteiger partial charge in [0.2, 0.25) is 0 Å². The fourth-order valence-corrected chi connectivity index (χ4v) is 6.50. The quantitative estimate of drug-likeness (QED) is 0.0893. The first kappa shape index (κ1) is 34.0. The topological polar surface area (TPSA) is 69.8 Å². The average molecular weight is 655 g/mol. The van der Waals surface area contributed by atoms with Gasteiger partial charge in [0.1, 0.15) is 0 Å². The largest absolute Gasteiger partial charge is 0.320 e. The van der Waals surface area contributed by atoms with Gasteiger partial charge in [-0.2, -0.15) is 10.1 Å². The molecule has 0 saturated heterocycles. The molecule has 0 aliphatic heterocycles. The molecule has 5 aromatic rings. The molecule has 1 atom stereocenters. The molecule has 0 aliphatic carbocycles. The number of carbonyl (C=O) groups is 1. The van der Waals surface area contributed by atoms with Crippen molar-refractivity contribution in [3.05, 3.63) is 135 Å². The van der Waals surface area contributed by atoms with Gasteiger partial charge in [-0.05, 0) is 47.6 Å². The van der Waals surface area contributed by atoms with E-state index in [2.05, 4.69) is 41.3 Å². The second-order valence-electron chi connectivity index (χ2n) is 12.3. The summed E-state index contributed by atoms with van der Waals surface area (Å²) in [5.41, 5.74) is 6.20. The Bertz CT molecular complexity index is 1860. The average Bonchev–Trinajstić information content (AvgIpc) is 3.46. The number of benzene rings is 3. The smallest absolute Gasteiger partial charge is 0.277 e. The maximum Gasteiger partial charge on any atom is 0.277 e. The van der Waals surface area contributed by atoms with Gasteiger partial charge in [-0.1, -0.05) is 103 Å². The Morgan fingerprint density at radius 1 is 0.915 bits per heavy atom. The van der Waals surface area contributed by atoms with Crippen LogP contribution in [0.25, 0.3) is 11.1 Å². The van der Waals surface area contributed by atoms with Crippen molar-refractivity contribution in [2.24, 2.45) is 13.0 Å². The number of aryl methyl sites for hydroxylation is 2. The lowest BCUT2D eigenvalue weighted by Crippen LogP contribution is -2.26. The van der Waals surface area contributed by atoms with Crippen molar-refractivity contribution < 1.29 is 13.6 Å². The summed E-state index contributed by atoms with van der Waals surface area (Å²) in [5.74, 6) is -2.39. The third-order valence-corrected chi connectivity index (χ3v) is 9.31. The zero-order valence-electron chi connectivity index (χ0n) is 27.2. The minimum atomic E-state index is -2.88. The van der Waals surface area contributed by atoms with Crippen LogP contribution in [0.15, 0.2) is 101 Å². The van der Waals surface area contributed by atoms with Crippen LogP contribution in [0.3, 0.4) is 0 Å². The molecule has 2 aromatic heterocycles. The lowest BCUT2D eigenvalue weighted by atomic mass is 9.90. The fourth-order valence-electron chi connectivity index (χ4n) is 5.58. The molecule has 1 unspecified atom stereocenters. The van der Waals surface area contributed by atoms with Crippen molar-refractivity contribution in [2.75, 3.05) is 0 Å². The number of Topliss-reactive ketones (excluding diaryl/α,β-unsaturated/α-hetero) is 1. The number of hydrogen-bond acceptors (Lipinski definition) is 5. The highest BCUT2D eigenvalue weighted by molar-refractivity contribution is 7.98. The summed E-state index contributed by atoms with van der Waals surface area (Å²) in [7, 11) is 1.83. The third-order valence-electron chi connectivity index (χ3n) is 8.25. The van der Waals surface area contributed by atoms with Gasteiger partial charge in [0.25, 0.3) is 11.5 Å². The van der Waals surface area contributed by atoms with Crippen molar-refractivity contribution >= 4 is 17.5 Å². The van der Waals surface area contributed by atoms with Gasteiger partial charge < -0.3 is 4.57 Å². The van der Waals surface area contributed by atoms with E-state index in [-0.39, 0.29) is 29.4 Å². The van der Waals surface area contributed by atoms with Crippen molar-refractivity contribution in [3.8, 4) is 11.1 Å².